The van der Waals surface area contributed by atoms with Crippen molar-refractivity contribution in [3.05, 3.63) is 29.5 Å². The lowest BCUT2D eigenvalue weighted by Gasteiger charge is -2.14. The number of nitrogens with zero attached hydrogens (tertiary/aromatic N) is 1. The van der Waals surface area contributed by atoms with Gasteiger partial charge in [0, 0.05) is 19.0 Å². The van der Waals surface area contributed by atoms with Gasteiger partial charge in [0.25, 0.3) is 0 Å². The summed E-state index contributed by atoms with van der Waals surface area (Å²) in [6, 6.07) is 5.57. The normalized spacial score (nSPS) is 11.3. The van der Waals surface area contributed by atoms with E-state index in [4.69, 9.17) is 9.47 Å². The number of benzene rings is 1. The Labute approximate surface area is 124 Å². The summed E-state index contributed by atoms with van der Waals surface area (Å²) in [6.45, 7) is 5.14. The zero-order valence-corrected chi connectivity index (χ0v) is 12.8. The van der Waals surface area contributed by atoms with E-state index in [2.05, 4.69) is 13.8 Å². The number of rotatable bonds is 6. The second-order valence-corrected chi connectivity index (χ2v) is 5.25. The van der Waals surface area contributed by atoms with E-state index in [0.717, 1.165) is 16.5 Å². The van der Waals surface area contributed by atoms with E-state index in [1.165, 1.54) is 0 Å². The molecule has 1 aromatic carbocycles. The Kier molecular flexibility index (Phi) is 4.53. The van der Waals surface area contributed by atoms with Crippen LogP contribution in [0, 0.1) is 0 Å². The van der Waals surface area contributed by atoms with Crippen molar-refractivity contribution in [3.8, 4) is 5.75 Å². The summed E-state index contributed by atoms with van der Waals surface area (Å²) in [5.41, 5.74) is 2.28. The zero-order valence-electron chi connectivity index (χ0n) is 12.8. The SMILES string of the molecule is COCCn1c(C(=O)O)cc2c(OC)ccc(C(C)C)c21. The number of aromatic carboxylic acids is 1. The van der Waals surface area contributed by atoms with E-state index < -0.39 is 5.97 Å². The molecule has 2 aromatic rings. The van der Waals surface area contributed by atoms with Crippen LogP contribution in [0.25, 0.3) is 10.9 Å². The first-order valence-electron chi connectivity index (χ1n) is 6.93. The summed E-state index contributed by atoms with van der Waals surface area (Å²) < 4.78 is 12.3. The van der Waals surface area contributed by atoms with Crippen molar-refractivity contribution in [2.24, 2.45) is 0 Å². The molecule has 1 N–H and O–H groups in total. The minimum absolute atomic E-state index is 0.258. The summed E-state index contributed by atoms with van der Waals surface area (Å²) in [5, 5.41) is 10.3. The third kappa shape index (κ3) is 2.74. The first kappa shape index (κ1) is 15.4. The van der Waals surface area contributed by atoms with Gasteiger partial charge in [0.1, 0.15) is 11.4 Å². The number of carbonyl (C=O) groups is 1. The molecule has 0 amide bonds. The van der Waals surface area contributed by atoms with Gasteiger partial charge in [-0.2, -0.15) is 0 Å². The third-order valence-electron chi connectivity index (χ3n) is 3.63. The lowest BCUT2D eigenvalue weighted by molar-refractivity contribution is 0.0683. The van der Waals surface area contributed by atoms with Crippen LogP contribution in [0.1, 0.15) is 35.8 Å². The molecule has 0 aliphatic carbocycles. The maximum absolute atomic E-state index is 11.5. The summed E-state index contributed by atoms with van der Waals surface area (Å²) in [6.07, 6.45) is 0. The number of carboxylic acid groups (broad SMARTS) is 1. The highest BCUT2D eigenvalue weighted by Gasteiger charge is 2.20. The highest BCUT2D eigenvalue weighted by molar-refractivity contribution is 5.98. The molecule has 0 radical (unpaired) electrons. The van der Waals surface area contributed by atoms with E-state index >= 15 is 0 Å². The fourth-order valence-corrected chi connectivity index (χ4v) is 2.62. The topological polar surface area (TPSA) is 60.7 Å². The van der Waals surface area contributed by atoms with Gasteiger partial charge in [-0.3, -0.25) is 0 Å². The average molecular weight is 291 g/mol. The predicted octanol–water partition coefficient (Wildman–Crippen LogP) is 3.12. The van der Waals surface area contributed by atoms with Gasteiger partial charge in [-0.05, 0) is 23.6 Å². The molecule has 2 rings (SSSR count). The first-order valence-corrected chi connectivity index (χ1v) is 6.93. The largest absolute Gasteiger partial charge is 0.496 e. The predicted molar refractivity (Wildman–Crippen MR) is 81.4 cm³/mol. The van der Waals surface area contributed by atoms with Gasteiger partial charge in [-0.25, -0.2) is 4.79 Å². The molecule has 1 heterocycles. The standard InChI is InChI=1S/C16H21NO4/c1-10(2)11-5-6-14(21-4)12-9-13(16(18)19)17(15(11)12)7-8-20-3/h5-6,9-10H,7-8H2,1-4H3,(H,18,19). The van der Waals surface area contributed by atoms with E-state index in [0.29, 0.717) is 18.9 Å². The highest BCUT2D eigenvalue weighted by Crippen LogP contribution is 2.35. The van der Waals surface area contributed by atoms with Gasteiger partial charge in [0.05, 0.1) is 19.2 Å². The van der Waals surface area contributed by atoms with Crippen molar-refractivity contribution in [3.63, 3.8) is 0 Å². The van der Waals surface area contributed by atoms with Crippen LogP contribution in [0.5, 0.6) is 5.75 Å². The van der Waals surface area contributed by atoms with E-state index in [1.54, 1.807) is 24.9 Å². The minimum Gasteiger partial charge on any atom is -0.496 e. The Bertz CT molecular complexity index is 658. The van der Waals surface area contributed by atoms with Crippen molar-refractivity contribution < 1.29 is 19.4 Å². The van der Waals surface area contributed by atoms with Crippen LogP contribution in [0.4, 0.5) is 0 Å². The van der Waals surface area contributed by atoms with Crippen LogP contribution in [0.3, 0.4) is 0 Å². The number of ether oxygens (including phenoxy) is 2. The molecule has 1 aromatic heterocycles. The number of methoxy groups -OCH3 is 2. The molecule has 0 saturated carbocycles. The van der Waals surface area contributed by atoms with Crippen molar-refractivity contribution in [1.29, 1.82) is 0 Å². The number of hydrogen-bond donors (Lipinski definition) is 1. The summed E-state index contributed by atoms with van der Waals surface area (Å²) in [5.74, 6) is 0.0309. The van der Waals surface area contributed by atoms with Crippen LogP contribution >= 0.6 is 0 Å². The first-order chi connectivity index (χ1) is 10.0. The number of carboxylic acids is 1. The third-order valence-corrected chi connectivity index (χ3v) is 3.63. The monoisotopic (exact) mass is 291 g/mol. The quantitative estimate of drug-likeness (QED) is 0.888. The van der Waals surface area contributed by atoms with Crippen molar-refractivity contribution in [1.82, 2.24) is 4.57 Å². The molecule has 5 nitrogen and oxygen atoms in total. The second kappa shape index (κ2) is 6.18. The molecule has 0 aliphatic heterocycles. The van der Waals surface area contributed by atoms with Crippen molar-refractivity contribution >= 4 is 16.9 Å². The van der Waals surface area contributed by atoms with Gasteiger partial charge < -0.3 is 19.1 Å². The van der Waals surface area contributed by atoms with E-state index in [1.807, 2.05) is 12.1 Å². The molecular formula is C16H21NO4. The maximum atomic E-state index is 11.5. The Morgan fingerprint density at radius 1 is 1.33 bits per heavy atom. The fraction of sp³-hybridized carbons (Fsp3) is 0.438. The Morgan fingerprint density at radius 3 is 2.57 bits per heavy atom. The number of aromatic nitrogens is 1. The lowest BCUT2D eigenvalue weighted by atomic mass is 10.00. The van der Waals surface area contributed by atoms with Gasteiger partial charge in [0.15, 0.2) is 0 Å². The van der Waals surface area contributed by atoms with Gasteiger partial charge >= 0.3 is 5.97 Å². The van der Waals surface area contributed by atoms with E-state index in [9.17, 15) is 9.90 Å². The van der Waals surface area contributed by atoms with E-state index in [-0.39, 0.29) is 11.6 Å². The zero-order chi connectivity index (χ0) is 15.6. The lowest BCUT2D eigenvalue weighted by Crippen LogP contribution is -2.12. The van der Waals surface area contributed by atoms with Gasteiger partial charge in [-0.1, -0.05) is 19.9 Å². The molecule has 0 aliphatic rings. The molecule has 21 heavy (non-hydrogen) atoms. The Hall–Kier alpha value is -2.01. The average Bonchev–Trinajstić information content (AvgIpc) is 2.83. The van der Waals surface area contributed by atoms with Crippen LogP contribution in [-0.4, -0.2) is 36.5 Å². The smallest absolute Gasteiger partial charge is 0.352 e. The Balaban J connectivity index is 2.80. The minimum atomic E-state index is -0.945. The van der Waals surface area contributed by atoms with Crippen molar-refractivity contribution in [2.75, 3.05) is 20.8 Å². The van der Waals surface area contributed by atoms with Gasteiger partial charge in [0.2, 0.25) is 0 Å². The van der Waals surface area contributed by atoms with Crippen LogP contribution < -0.4 is 4.74 Å². The molecule has 5 heteroatoms. The molecule has 0 bridgehead atoms. The summed E-state index contributed by atoms with van der Waals surface area (Å²) in [4.78, 5) is 11.5. The molecule has 114 valence electrons. The molecular weight excluding hydrogens is 270 g/mol. The van der Waals surface area contributed by atoms with Crippen LogP contribution in [-0.2, 0) is 11.3 Å². The molecule has 0 fully saturated rings. The Morgan fingerprint density at radius 2 is 2.05 bits per heavy atom. The van der Waals surface area contributed by atoms with Crippen LogP contribution in [0.2, 0.25) is 0 Å². The van der Waals surface area contributed by atoms with Gasteiger partial charge in [-0.15, -0.1) is 0 Å². The molecule has 0 atom stereocenters. The number of hydrogen-bond acceptors (Lipinski definition) is 3. The second-order valence-electron chi connectivity index (χ2n) is 5.25. The fourth-order valence-electron chi connectivity index (χ4n) is 2.62. The van der Waals surface area contributed by atoms with Crippen molar-refractivity contribution in [2.45, 2.75) is 26.3 Å². The maximum Gasteiger partial charge on any atom is 0.352 e. The summed E-state index contributed by atoms with van der Waals surface area (Å²) >= 11 is 0. The number of fused-ring (bicyclic) bond motifs is 1. The molecule has 0 unspecified atom stereocenters. The molecule has 0 spiro atoms. The highest BCUT2D eigenvalue weighted by atomic mass is 16.5. The van der Waals surface area contributed by atoms with Crippen LogP contribution in [0.15, 0.2) is 18.2 Å². The summed E-state index contributed by atoms with van der Waals surface area (Å²) in [7, 11) is 3.20. The molecule has 0 saturated heterocycles.